The van der Waals surface area contributed by atoms with Crippen LogP contribution in [0, 0.1) is 0 Å². The van der Waals surface area contributed by atoms with Crippen LogP contribution in [-0.4, -0.2) is 34.5 Å². The van der Waals surface area contributed by atoms with Crippen molar-refractivity contribution >= 4 is 40.1 Å². The van der Waals surface area contributed by atoms with Gasteiger partial charge < -0.3 is 5.32 Å². The molecule has 0 aliphatic rings. The second kappa shape index (κ2) is 8.31. The summed E-state index contributed by atoms with van der Waals surface area (Å²) in [7, 11) is 0. The summed E-state index contributed by atoms with van der Waals surface area (Å²) in [6, 6.07) is 12.8. The van der Waals surface area contributed by atoms with Crippen molar-refractivity contribution in [3.63, 3.8) is 0 Å². The number of hydrogen-bond acceptors (Lipinski definition) is 5. The predicted molar refractivity (Wildman–Crippen MR) is 102 cm³/mol. The van der Waals surface area contributed by atoms with Crippen LogP contribution >= 0.6 is 11.6 Å². The molecule has 4 N–H and O–H groups in total. The summed E-state index contributed by atoms with van der Waals surface area (Å²) in [6.07, 6.45) is 0. The molecule has 0 spiro atoms. The van der Waals surface area contributed by atoms with Crippen LogP contribution in [-0.2, 0) is 4.79 Å². The molecule has 142 valence electrons. The molecule has 3 rings (SSSR count). The van der Waals surface area contributed by atoms with Gasteiger partial charge in [-0.05, 0) is 18.2 Å². The number of carbonyl (C=O) groups is 3. The van der Waals surface area contributed by atoms with Gasteiger partial charge in [0, 0.05) is 5.39 Å². The van der Waals surface area contributed by atoms with Gasteiger partial charge in [0.25, 0.3) is 23.3 Å². The fraction of sp³-hybridized carbons (Fsp3) is 0.0556. The molecule has 0 bridgehead atoms. The van der Waals surface area contributed by atoms with Crippen molar-refractivity contribution < 1.29 is 14.4 Å². The summed E-state index contributed by atoms with van der Waals surface area (Å²) in [6.45, 7) is -0.385. The fourth-order valence-electron chi connectivity index (χ4n) is 2.42. The average Bonchev–Trinajstić information content (AvgIpc) is 2.71. The van der Waals surface area contributed by atoms with Crippen LogP contribution in [0.1, 0.15) is 20.8 Å². The number of nitrogens with one attached hydrogen (secondary N) is 4. The van der Waals surface area contributed by atoms with E-state index in [-0.39, 0.29) is 22.8 Å². The van der Waals surface area contributed by atoms with E-state index in [4.69, 9.17) is 11.6 Å². The number of carbonyl (C=O) groups excluding carboxylic acids is 3. The lowest BCUT2D eigenvalue weighted by atomic mass is 10.1. The molecular formula is C18H14ClN5O4. The lowest BCUT2D eigenvalue weighted by Gasteiger charge is -2.09. The molecule has 1 aromatic heterocycles. The number of aromatic nitrogens is 2. The second-order valence-electron chi connectivity index (χ2n) is 5.61. The van der Waals surface area contributed by atoms with Gasteiger partial charge in [-0.15, -0.1) is 0 Å². The number of H-pyrrole nitrogens is 1. The maximum Gasteiger partial charge on any atom is 0.290 e. The minimum atomic E-state index is -0.724. The molecule has 1 heterocycles. The monoisotopic (exact) mass is 399 g/mol. The third kappa shape index (κ3) is 4.15. The van der Waals surface area contributed by atoms with Gasteiger partial charge in [0.1, 0.15) is 0 Å². The lowest BCUT2D eigenvalue weighted by Crippen LogP contribution is -2.46. The highest BCUT2D eigenvalue weighted by Gasteiger charge is 2.15. The van der Waals surface area contributed by atoms with E-state index in [0.717, 1.165) is 0 Å². The Kier molecular flexibility index (Phi) is 5.66. The molecule has 0 fully saturated rings. The van der Waals surface area contributed by atoms with Crippen LogP contribution in [0.5, 0.6) is 0 Å². The third-order valence-electron chi connectivity index (χ3n) is 3.75. The first-order valence-electron chi connectivity index (χ1n) is 8.06. The first-order valence-corrected chi connectivity index (χ1v) is 8.44. The number of aromatic amines is 1. The van der Waals surface area contributed by atoms with E-state index in [0.29, 0.717) is 10.8 Å². The Hall–Kier alpha value is -3.72. The summed E-state index contributed by atoms with van der Waals surface area (Å²) in [5.74, 6) is -1.92. The van der Waals surface area contributed by atoms with E-state index in [1.807, 2.05) is 0 Å². The van der Waals surface area contributed by atoms with Crippen molar-refractivity contribution in [2.45, 2.75) is 0 Å². The summed E-state index contributed by atoms with van der Waals surface area (Å²) < 4.78 is 0. The largest absolute Gasteiger partial charge is 0.343 e. The molecule has 3 amide bonds. The molecule has 0 saturated heterocycles. The van der Waals surface area contributed by atoms with Crippen LogP contribution < -0.4 is 21.7 Å². The summed E-state index contributed by atoms with van der Waals surface area (Å²) in [5, 5.41) is 9.22. The Bertz CT molecular complexity index is 1130. The molecule has 0 atom stereocenters. The van der Waals surface area contributed by atoms with Crippen molar-refractivity contribution in [1.82, 2.24) is 26.4 Å². The molecule has 9 nitrogen and oxygen atoms in total. The van der Waals surface area contributed by atoms with E-state index < -0.39 is 23.3 Å². The van der Waals surface area contributed by atoms with Gasteiger partial charge >= 0.3 is 0 Å². The molecule has 2 aromatic carbocycles. The number of nitrogens with zero attached hydrogens (tertiary/aromatic N) is 1. The summed E-state index contributed by atoms with van der Waals surface area (Å²) >= 11 is 5.91. The smallest absolute Gasteiger partial charge is 0.290 e. The predicted octanol–water partition coefficient (Wildman–Crippen LogP) is 0.767. The van der Waals surface area contributed by atoms with Gasteiger partial charge in [-0.1, -0.05) is 41.9 Å². The Morgan fingerprint density at radius 3 is 2.36 bits per heavy atom. The van der Waals surface area contributed by atoms with E-state index in [1.54, 1.807) is 42.5 Å². The standard InChI is InChI=1S/C18H14ClN5O4/c19-13-8-4-3-7-12(13)16(26)20-9-14(25)21-24-18(28)15-10-5-1-2-6-11(10)17(27)23-22-15/h1-8H,9H2,(H,20,26)(H,21,25)(H,23,27)(H,24,28). The first kappa shape index (κ1) is 19.1. The Labute approximate surface area is 163 Å². The third-order valence-corrected chi connectivity index (χ3v) is 4.08. The van der Waals surface area contributed by atoms with Crippen molar-refractivity contribution in [3.8, 4) is 0 Å². The molecule has 0 radical (unpaired) electrons. The number of hydrazine groups is 1. The van der Waals surface area contributed by atoms with Gasteiger partial charge in [0.15, 0.2) is 5.69 Å². The van der Waals surface area contributed by atoms with Crippen LogP contribution in [0.25, 0.3) is 10.8 Å². The number of fused-ring (bicyclic) bond motifs is 1. The highest BCUT2D eigenvalue weighted by molar-refractivity contribution is 6.33. The van der Waals surface area contributed by atoms with Crippen LogP contribution in [0.4, 0.5) is 0 Å². The minimum Gasteiger partial charge on any atom is -0.343 e. The maximum atomic E-state index is 12.3. The number of hydrogen-bond donors (Lipinski definition) is 4. The van der Waals surface area contributed by atoms with E-state index in [2.05, 4.69) is 26.4 Å². The number of halogens is 1. The molecule has 0 aliphatic heterocycles. The van der Waals surface area contributed by atoms with Crippen molar-refractivity contribution in [3.05, 3.63) is 75.2 Å². The minimum absolute atomic E-state index is 0.0596. The van der Waals surface area contributed by atoms with Crippen LogP contribution in [0.15, 0.2) is 53.3 Å². The van der Waals surface area contributed by atoms with Gasteiger partial charge in [-0.3, -0.25) is 30.0 Å². The van der Waals surface area contributed by atoms with Gasteiger partial charge in [0.2, 0.25) is 0 Å². The molecule has 0 saturated carbocycles. The fourth-order valence-corrected chi connectivity index (χ4v) is 2.64. The molecule has 3 aromatic rings. The first-order chi connectivity index (χ1) is 13.5. The highest BCUT2D eigenvalue weighted by Crippen LogP contribution is 2.14. The van der Waals surface area contributed by atoms with E-state index in [9.17, 15) is 19.2 Å². The summed E-state index contributed by atoms with van der Waals surface area (Å²) in [5.41, 5.74) is 4.08. The SMILES string of the molecule is O=C(CNC(=O)c1ccccc1Cl)NNC(=O)c1n[nH]c(=O)c2ccccc12. The summed E-state index contributed by atoms with van der Waals surface area (Å²) in [4.78, 5) is 47.9. The Morgan fingerprint density at radius 1 is 0.929 bits per heavy atom. The van der Waals surface area contributed by atoms with Gasteiger partial charge in [-0.2, -0.15) is 5.10 Å². The van der Waals surface area contributed by atoms with Crippen molar-refractivity contribution in [1.29, 1.82) is 0 Å². The quantitative estimate of drug-likeness (QED) is 0.481. The molecule has 10 heteroatoms. The van der Waals surface area contributed by atoms with Crippen LogP contribution in [0.3, 0.4) is 0 Å². The maximum absolute atomic E-state index is 12.3. The zero-order chi connectivity index (χ0) is 20.1. The van der Waals surface area contributed by atoms with E-state index in [1.165, 1.54) is 6.07 Å². The van der Waals surface area contributed by atoms with Crippen LogP contribution in [0.2, 0.25) is 5.02 Å². The average molecular weight is 400 g/mol. The Morgan fingerprint density at radius 2 is 1.61 bits per heavy atom. The van der Waals surface area contributed by atoms with Gasteiger partial charge in [-0.25, -0.2) is 5.10 Å². The second-order valence-corrected chi connectivity index (χ2v) is 6.02. The molecule has 0 aliphatic carbocycles. The number of benzene rings is 2. The van der Waals surface area contributed by atoms with E-state index >= 15 is 0 Å². The molecule has 0 unspecified atom stereocenters. The van der Waals surface area contributed by atoms with Crippen molar-refractivity contribution in [2.24, 2.45) is 0 Å². The topological polar surface area (TPSA) is 133 Å². The zero-order valence-electron chi connectivity index (χ0n) is 14.3. The zero-order valence-corrected chi connectivity index (χ0v) is 15.0. The number of rotatable bonds is 4. The highest BCUT2D eigenvalue weighted by atomic mass is 35.5. The molecular weight excluding hydrogens is 386 g/mol. The van der Waals surface area contributed by atoms with Gasteiger partial charge in [0.05, 0.1) is 22.5 Å². The Balaban J connectivity index is 1.59. The normalized spacial score (nSPS) is 10.3. The lowest BCUT2D eigenvalue weighted by molar-refractivity contribution is -0.120. The van der Waals surface area contributed by atoms with Crippen molar-refractivity contribution in [2.75, 3.05) is 6.54 Å². The molecule has 28 heavy (non-hydrogen) atoms. The number of amides is 3.